The monoisotopic (exact) mass is 352 g/mol. The number of aromatic nitrogens is 3. The molecule has 134 valence electrons. The van der Waals surface area contributed by atoms with Crippen LogP contribution in [-0.4, -0.2) is 46.2 Å². The molecule has 1 N–H and O–H groups in total. The fourth-order valence-corrected chi connectivity index (χ4v) is 3.27. The molecule has 0 radical (unpaired) electrons. The summed E-state index contributed by atoms with van der Waals surface area (Å²) in [6, 6.07) is 10.5. The van der Waals surface area contributed by atoms with Crippen molar-refractivity contribution in [2.75, 3.05) is 26.3 Å². The molecule has 6 heteroatoms. The van der Waals surface area contributed by atoms with Crippen molar-refractivity contribution < 1.29 is 9.13 Å². The van der Waals surface area contributed by atoms with E-state index in [4.69, 9.17) is 9.72 Å². The number of hydrogen-bond donors (Lipinski definition) is 1. The number of morpholine rings is 1. The molecule has 3 aromatic rings. The van der Waals surface area contributed by atoms with Crippen LogP contribution < -0.4 is 0 Å². The van der Waals surface area contributed by atoms with E-state index in [-0.39, 0.29) is 11.9 Å². The van der Waals surface area contributed by atoms with E-state index >= 15 is 0 Å². The molecule has 0 amide bonds. The number of benzene rings is 1. The highest BCUT2D eigenvalue weighted by Gasteiger charge is 2.23. The highest BCUT2D eigenvalue weighted by molar-refractivity contribution is 5.78. The standard InChI is InChI=1S/C20H21FN4O/c1-14(25-10-12-26-13-11-25)20-23-18(15-2-4-17(21)5-3-15)19(24-20)16-6-8-22-9-7-16/h2-9,14H,10-13H2,1H3,(H,23,24). The van der Waals surface area contributed by atoms with Crippen LogP contribution in [-0.2, 0) is 4.74 Å². The number of hydrogen-bond acceptors (Lipinski definition) is 4. The Kier molecular flexibility index (Phi) is 4.77. The van der Waals surface area contributed by atoms with Crippen molar-refractivity contribution in [2.24, 2.45) is 0 Å². The summed E-state index contributed by atoms with van der Waals surface area (Å²) >= 11 is 0. The van der Waals surface area contributed by atoms with Gasteiger partial charge in [0.1, 0.15) is 11.6 Å². The van der Waals surface area contributed by atoms with E-state index in [0.717, 1.165) is 54.6 Å². The third-order valence-electron chi connectivity index (χ3n) is 4.80. The third-order valence-corrected chi connectivity index (χ3v) is 4.80. The number of H-pyrrole nitrogens is 1. The lowest BCUT2D eigenvalue weighted by molar-refractivity contribution is 0.0183. The Hall–Kier alpha value is -2.57. The van der Waals surface area contributed by atoms with E-state index in [1.54, 1.807) is 24.5 Å². The van der Waals surface area contributed by atoms with Crippen molar-refractivity contribution in [2.45, 2.75) is 13.0 Å². The molecule has 1 aromatic carbocycles. The smallest absolute Gasteiger partial charge is 0.124 e. The maximum atomic E-state index is 13.3. The molecule has 26 heavy (non-hydrogen) atoms. The minimum absolute atomic E-state index is 0.147. The van der Waals surface area contributed by atoms with Gasteiger partial charge in [-0.1, -0.05) is 0 Å². The number of halogens is 1. The number of ether oxygens (including phenoxy) is 1. The second kappa shape index (κ2) is 7.35. The molecule has 1 saturated heterocycles. The zero-order chi connectivity index (χ0) is 17.9. The molecule has 1 atom stereocenters. The van der Waals surface area contributed by atoms with Gasteiger partial charge in [-0.3, -0.25) is 9.88 Å². The van der Waals surface area contributed by atoms with Crippen LogP contribution in [0.4, 0.5) is 4.39 Å². The molecule has 2 aromatic heterocycles. The normalized spacial score (nSPS) is 16.5. The molecule has 1 unspecified atom stereocenters. The van der Waals surface area contributed by atoms with Crippen LogP contribution >= 0.6 is 0 Å². The van der Waals surface area contributed by atoms with Gasteiger partial charge in [0.15, 0.2) is 0 Å². The predicted molar refractivity (Wildman–Crippen MR) is 98.0 cm³/mol. The Morgan fingerprint density at radius 2 is 1.73 bits per heavy atom. The van der Waals surface area contributed by atoms with Crippen molar-refractivity contribution in [1.29, 1.82) is 0 Å². The van der Waals surface area contributed by atoms with Gasteiger partial charge >= 0.3 is 0 Å². The lowest BCUT2D eigenvalue weighted by Crippen LogP contribution is -2.38. The van der Waals surface area contributed by atoms with Gasteiger partial charge in [-0.15, -0.1) is 0 Å². The van der Waals surface area contributed by atoms with E-state index in [9.17, 15) is 4.39 Å². The molecule has 3 heterocycles. The summed E-state index contributed by atoms with van der Waals surface area (Å²) < 4.78 is 18.8. The van der Waals surface area contributed by atoms with Gasteiger partial charge in [0.05, 0.1) is 30.6 Å². The summed E-state index contributed by atoms with van der Waals surface area (Å²) in [5, 5.41) is 0. The highest BCUT2D eigenvalue weighted by Crippen LogP contribution is 2.32. The van der Waals surface area contributed by atoms with Crippen LogP contribution in [0, 0.1) is 5.82 Å². The highest BCUT2D eigenvalue weighted by atomic mass is 19.1. The predicted octanol–water partition coefficient (Wildman–Crippen LogP) is 3.67. The minimum Gasteiger partial charge on any atom is -0.379 e. The van der Waals surface area contributed by atoms with Crippen LogP contribution in [0.15, 0.2) is 48.8 Å². The molecule has 0 spiro atoms. The van der Waals surface area contributed by atoms with Gasteiger partial charge in [-0.2, -0.15) is 0 Å². The first-order valence-electron chi connectivity index (χ1n) is 8.80. The fourth-order valence-electron chi connectivity index (χ4n) is 3.27. The molecule has 0 saturated carbocycles. The van der Waals surface area contributed by atoms with Crippen molar-refractivity contribution in [3.8, 4) is 22.5 Å². The first-order chi connectivity index (χ1) is 12.7. The zero-order valence-electron chi connectivity index (χ0n) is 14.7. The van der Waals surface area contributed by atoms with E-state index < -0.39 is 0 Å². The van der Waals surface area contributed by atoms with E-state index in [1.165, 1.54) is 12.1 Å². The van der Waals surface area contributed by atoms with Crippen LogP contribution in [0.25, 0.3) is 22.5 Å². The van der Waals surface area contributed by atoms with Crippen LogP contribution in [0.2, 0.25) is 0 Å². The maximum absolute atomic E-state index is 13.3. The maximum Gasteiger partial charge on any atom is 0.124 e. The Labute approximate surface area is 151 Å². The summed E-state index contributed by atoms with van der Waals surface area (Å²) in [6.07, 6.45) is 3.52. The zero-order valence-corrected chi connectivity index (χ0v) is 14.7. The summed E-state index contributed by atoms with van der Waals surface area (Å²) in [6.45, 7) is 5.41. The van der Waals surface area contributed by atoms with Crippen molar-refractivity contribution in [3.05, 3.63) is 60.4 Å². The molecule has 4 rings (SSSR count). The molecule has 0 aliphatic carbocycles. The molecule has 0 bridgehead atoms. The topological polar surface area (TPSA) is 54.0 Å². The number of aromatic amines is 1. The Morgan fingerprint density at radius 3 is 2.42 bits per heavy atom. The van der Waals surface area contributed by atoms with Crippen LogP contribution in [0.1, 0.15) is 18.8 Å². The molecule has 1 fully saturated rings. The van der Waals surface area contributed by atoms with Crippen molar-refractivity contribution in [1.82, 2.24) is 19.9 Å². The summed E-state index contributed by atoms with van der Waals surface area (Å²) in [5.74, 6) is 0.648. The molecule has 1 aliphatic rings. The molecular formula is C20H21FN4O. The van der Waals surface area contributed by atoms with Crippen molar-refractivity contribution in [3.63, 3.8) is 0 Å². The van der Waals surface area contributed by atoms with Gasteiger partial charge in [-0.25, -0.2) is 9.37 Å². The van der Waals surface area contributed by atoms with Crippen molar-refractivity contribution >= 4 is 0 Å². The van der Waals surface area contributed by atoms with Gasteiger partial charge in [0, 0.05) is 36.6 Å². The average Bonchev–Trinajstić information content (AvgIpc) is 3.15. The fraction of sp³-hybridized carbons (Fsp3) is 0.300. The average molecular weight is 352 g/mol. The van der Waals surface area contributed by atoms with E-state index in [2.05, 4.69) is 21.8 Å². The second-order valence-electron chi connectivity index (χ2n) is 6.41. The second-order valence-corrected chi connectivity index (χ2v) is 6.41. The van der Waals surface area contributed by atoms with E-state index in [1.807, 2.05) is 12.1 Å². The number of nitrogens with one attached hydrogen (secondary N) is 1. The third kappa shape index (κ3) is 3.38. The quantitative estimate of drug-likeness (QED) is 0.778. The minimum atomic E-state index is -0.253. The molecule has 1 aliphatic heterocycles. The largest absolute Gasteiger partial charge is 0.379 e. The van der Waals surface area contributed by atoms with Crippen LogP contribution in [0.3, 0.4) is 0 Å². The lowest BCUT2D eigenvalue weighted by atomic mass is 10.1. The Balaban J connectivity index is 1.76. The molecular weight excluding hydrogens is 331 g/mol. The first kappa shape index (κ1) is 16.9. The Bertz CT molecular complexity index is 857. The summed E-state index contributed by atoms with van der Waals surface area (Å²) in [7, 11) is 0. The number of pyridine rings is 1. The van der Waals surface area contributed by atoms with Gasteiger partial charge in [0.25, 0.3) is 0 Å². The number of nitrogens with zero attached hydrogens (tertiary/aromatic N) is 3. The molecule has 5 nitrogen and oxygen atoms in total. The van der Waals surface area contributed by atoms with Gasteiger partial charge < -0.3 is 9.72 Å². The van der Waals surface area contributed by atoms with Gasteiger partial charge in [0.2, 0.25) is 0 Å². The first-order valence-corrected chi connectivity index (χ1v) is 8.80. The SMILES string of the molecule is CC(c1nc(-c2ccc(F)cc2)c(-c2ccncc2)[nH]1)N1CCOCC1. The van der Waals surface area contributed by atoms with E-state index in [0.29, 0.717) is 0 Å². The number of imidazole rings is 1. The number of rotatable bonds is 4. The summed E-state index contributed by atoms with van der Waals surface area (Å²) in [5.41, 5.74) is 3.64. The summed E-state index contributed by atoms with van der Waals surface area (Å²) in [4.78, 5) is 14.8. The Morgan fingerprint density at radius 1 is 1.04 bits per heavy atom. The van der Waals surface area contributed by atoms with Crippen LogP contribution in [0.5, 0.6) is 0 Å². The van der Waals surface area contributed by atoms with Gasteiger partial charge in [-0.05, 0) is 43.3 Å². The lowest BCUT2D eigenvalue weighted by Gasteiger charge is -2.31.